The van der Waals surface area contributed by atoms with Crippen molar-refractivity contribution in [1.29, 1.82) is 0 Å². The molecule has 0 spiro atoms. The Balaban J connectivity index is 4.41. The van der Waals surface area contributed by atoms with Gasteiger partial charge in [0.15, 0.2) is 0 Å². The smallest absolute Gasteiger partial charge is 0.326 e. The predicted molar refractivity (Wildman–Crippen MR) is 54.1 cm³/mol. The molecule has 0 aromatic carbocycles. The molecule has 0 unspecified atom stereocenters. The van der Waals surface area contributed by atoms with Crippen molar-refractivity contribution in [1.82, 2.24) is 5.32 Å². The Morgan fingerprint density at radius 3 is 2.33 bits per heavy atom. The molecule has 0 aromatic heterocycles. The Labute approximate surface area is 88.5 Å². The minimum Gasteiger partial charge on any atom is -0.480 e. The zero-order chi connectivity index (χ0) is 12.1. The van der Waals surface area contributed by atoms with E-state index in [1.165, 1.54) is 0 Å². The first-order valence-electron chi connectivity index (χ1n) is 4.70. The maximum absolute atomic E-state index is 11.5. The lowest BCUT2D eigenvalue weighted by molar-refractivity contribution is -0.143. The third kappa shape index (κ3) is 4.26. The number of nitrogens with one attached hydrogen (secondary N) is 1. The fourth-order valence-electron chi connectivity index (χ4n) is 0.833. The minimum atomic E-state index is -1.16. The summed E-state index contributed by atoms with van der Waals surface area (Å²) in [6.07, 6.45) is -0.0122. The van der Waals surface area contributed by atoms with Crippen molar-refractivity contribution >= 4 is 11.9 Å². The zero-order valence-electron chi connectivity index (χ0n) is 8.99. The van der Waals surface area contributed by atoms with Crippen molar-refractivity contribution < 1.29 is 19.8 Å². The number of hydrogen-bond donors (Lipinski definition) is 4. The highest BCUT2D eigenvalue weighted by Crippen LogP contribution is 2.12. The molecule has 0 saturated heterocycles. The highest BCUT2D eigenvalue weighted by atomic mass is 16.4. The number of amides is 1. The second-order valence-electron chi connectivity index (χ2n) is 3.96. The van der Waals surface area contributed by atoms with Gasteiger partial charge in [-0.25, -0.2) is 4.79 Å². The van der Waals surface area contributed by atoms with Crippen LogP contribution in [0.25, 0.3) is 0 Å². The second-order valence-corrected chi connectivity index (χ2v) is 3.96. The number of carbonyl (C=O) groups is 2. The average molecular weight is 218 g/mol. The molecule has 6 heteroatoms. The van der Waals surface area contributed by atoms with Gasteiger partial charge in [-0.3, -0.25) is 4.79 Å². The van der Waals surface area contributed by atoms with Crippen molar-refractivity contribution in [3.05, 3.63) is 0 Å². The van der Waals surface area contributed by atoms with Crippen LogP contribution in [0.1, 0.15) is 20.3 Å². The molecule has 0 aromatic rings. The highest BCUT2D eigenvalue weighted by molar-refractivity contribution is 5.87. The minimum absolute atomic E-state index is 0.0122. The molecular weight excluding hydrogens is 200 g/mol. The van der Waals surface area contributed by atoms with Crippen LogP contribution < -0.4 is 11.1 Å². The Bertz CT molecular complexity index is 240. The van der Waals surface area contributed by atoms with Gasteiger partial charge in [0.2, 0.25) is 5.91 Å². The van der Waals surface area contributed by atoms with Crippen LogP contribution >= 0.6 is 0 Å². The van der Waals surface area contributed by atoms with E-state index in [-0.39, 0.29) is 19.6 Å². The van der Waals surface area contributed by atoms with Crippen LogP contribution in [-0.4, -0.2) is 41.3 Å². The summed E-state index contributed by atoms with van der Waals surface area (Å²) >= 11 is 0. The van der Waals surface area contributed by atoms with Gasteiger partial charge >= 0.3 is 5.97 Å². The van der Waals surface area contributed by atoms with Crippen LogP contribution in [0.4, 0.5) is 0 Å². The van der Waals surface area contributed by atoms with Crippen LogP contribution in [0.15, 0.2) is 0 Å². The van der Waals surface area contributed by atoms with E-state index in [0.717, 1.165) is 0 Å². The van der Waals surface area contributed by atoms with Crippen molar-refractivity contribution in [2.45, 2.75) is 26.3 Å². The molecule has 0 aliphatic heterocycles. The number of hydrogen-bond acceptors (Lipinski definition) is 4. The largest absolute Gasteiger partial charge is 0.480 e. The molecule has 0 saturated carbocycles. The Morgan fingerprint density at radius 1 is 1.47 bits per heavy atom. The number of nitrogens with two attached hydrogens (primary N) is 1. The lowest BCUT2D eigenvalue weighted by Crippen LogP contribution is -2.49. The van der Waals surface area contributed by atoms with E-state index < -0.39 is 23.3 Å². The van der Waals surface area contributed by atoms with Crippen molar-refractivity contribution in [2.75, 3.05) is 13.2 Å². The van der Waals surface area contributed by atoms with E-state index in [1.54, 1.807) is 13.8 Å². The summed E-state index contributed by atoms with van der Waals surface area (Å²) in [5.74, 6) is -1.59. The number of aliphatic hydroxyl groups is 1. The summed E-state index contributed by atoms with van der Waals surface area (Å²) in [4.78, 5) is 22.2. The number of rotatable bonds is 6. The van der Waals surface area contributed by atoms with Crippen LogP contribution in [0.3, 0.4) is 0 Å². The summed E-state index contributed by atoms with van der Waals surface area (Å²) in [6, 6.07) is -1.06. The maximum Gasteiger partial charge on any atom is 0.326 e. The fourth-order valence-corrected chi connectivity index (χ4v) is 0.833. The lowest BCUT2D eigenvalue weighted by atomic mass is 9.92. The first-order chi connectivity index (χ1) is 6.85. The molecule has 15 heavy (non-hydrogen) atoms. The van der Waals surface area contributed by atoms with E-state index in [2.05, 4.69) is 5.32 Å². The van der Waals surface area contributed by atoms with Crippen LogP contribution in [0.2, 0.25) is 0 Å². The third-order valence-electron chi connectivity index (χ3n) is 2.15. The van der Waals surface area contributed by atoms with E-state index in [4.69, 9.17) is 15.9 Å². The van der Waals surface area contributed by atoms with Gasteiger partial charge in [0.05, 0.1) is 5.41 Å². The summed E-state index contributed by atoms with van der Waals surface area (Å²) in [6.45, 7) is 3.09. The van der Waals surface area contributed by atoms with E-state index in [9.17, 15) is 9.59 Å². The van der Waals surface area contributed by atoms with Gasteiger partial charge in [0.25, 0.3) is 0 Å². The van der Waals surface area contributed by atoms with Gasteiger partial charge in [0.1, 0.15) is 6.04 Å². The fraction of sp³-hybridized carbons (Fsp3) is 0.778. The molecular formula is C9H18N2O4. The van der Waals surface area contributed by atoms with Crippen LogP contribution in [-0.2, 0) is 9.59 Å². The molecule has 1 atom stereocenters. The maximum atomic E-state index is 11.5. The summed E-state index contributed by atoms with van der Waals surface area (Å²) < 4.78 is 0. The van der Waals surface area contributed by atoms with Gasteiger partial charge in [-0.15, -0.1) is 0 Å². The Morgan fingerprint density at radius 2 is 2.00 bits per heavy atom. The third-order valence-corrected chi connectivity index (χ3v) is 2.15. The molecule has 6 nitrogen and oxygen atoms in total. The molecule has 0 fully saturated rings. The first kappa shape index (κ1) is 13.9. The van der Waals surface area contributed by atoms with Crippen LogP contribution in [0.5, 0.6) is 0 Å². The van der Waals surface area contributed by atoms with Crippen molar-refractivity contribution in [3.8, 4) is 0 Å². The molecule has 88 valence electrons. The van der Waals surface area contributed by atoms with Gasteiger partial charge in [0, 0.05) is 19.6 Å². The van der Waals surface area contributed by atoms with Crippen molar-refractivity contribution in [3.63, 3.8) is 0 Å². The van der Waals surface area contributed by atoms with Crippen molar-refractivity contribution in [2.24, 2.45) is 11.1 Å². The Kier molecular flexibility index (Phi) is 5.24. The Hall–Kier alpha value is -1.14. The average Bonchev–Trinajstić information content (AvgIpc) is 2.16. The van der Waals surface area contributed by atoms with Crippen LogP contribution in [0, 0.1) is 5.41 Å². The molecule has 0 radical (unpaired) electrons. The molecule has 0 heterocycles. The number of carboxylic acids is 1. The predicted octanol–water partition coefficient (Wildman–Crippen LogP) is -1.08. The topological polar surface area (TPSA) is 113 Å². The second kappa shape index (κ2) is 5.67. The van der Waals surface area contributed by atoms with E-state index in [1.807, 2.05) is 0 Å². The quantitative estimate of drug-likeness (QED) is 0.453. The SMILES string of the molecule is CC(C)(CN)C(=O)N[C@@H](CCO)C(=O)O. The molecule has 0 aliphatic carbocycles. The number of carbonyl (C=O) groups excluding carboxylic acids is 1. The summed E-state index contributed by atoms with van der Waals surface area (Å²) in [5, 5.41) is 19.7. The van der Waals surface area contributed by atoms with Gasteiger partial charge < -0.3 is 21.3 Å². The molecule has 0 aliphatic rings. The first-order valence-corrected chi connectivity index (χ1v) is 4.70. The molecule has 0 bridgehead atoms. The van der Waals surface area contributed by atoms with Gasteiger partial charge in [-0.1, -0.05) is 0 Å². The normalized spacial score (nSPS) is 13.3. The monoisotopic (exact) mass is 218 g/mol. The van der Waals surface area contributed by atoms with Gasteiger partial charge in [-0.2, -0.15) is 0 Å². The van der Waals surface area contributed by atoms with E-state index >= 15 is 0 Å². The number of aliphatic hydroxyl groups excluding tert-OH is 1. The summed E-state index contributed by atoms with van der Waals surface area (Å²) in [5.41, 5.74) is 4.57. The highest BCUT2D eigenvalue weighted by Gasteiger charge is 2.29. The zero-order valence-corrected chi connectivity index (χ0v) is 8.99. The molecule has 5 N–H and O–H groups in total. The summed E-state index contributed by atoms with van der Waals surface area (Å²) in [7, 11) is 0. The molecule has 0 rings (SSSR count). The number of carboxylic acid groups (broad SMARTS) is 1. The standard InChI is InChI=1S/C9H18N2O4/c1-9(2,5-10)8(15)11-6(3-4-12)7(13)14/h6,12H,3-5,10H2,1-2H3,(H,11,15)(H,13,14)/t6-/m0/s1. The number of aliphatic carboxylic acids is 1. The lowest BCUT2D eigenvalue weighted by Gasteiger charge is -2.23. The molecule has 1 amide bonds. The van der Waals surface area contributed by atoms with E-state index in [0.29, 0.717) is 0 Å². The van der Waals surface area contributed by atoms with Gasteiger partial charge in [-0.05, 0) is 13.8 Å².